The number of β-lactam (4-membered cyclic amide) rings is 2. The molecule has 0 aliphatic carbocycles. The summed E-state index contributed by atoms with van der Waals surface area (Å²) in [6.45, 7) is 5.71. The van der Waals surface area contributed by atoms with Crippen molar-refractivity contribution in [2.24, 2.45) is 10.5 Å². The van der Waals surface area contributed by atoms with Crippen LogP contribution in [0.25, 0.3) is 0 Å². The van der Waals surface area contributed by atoms with E-state index >= 15 is 0 Å². The minimum atomic E-state index is -0.834. The van der Waals surface area contributed by atoms with Gasteiger partial charge in [-0.15, -0.1) is 0 Å². The lowest BCUT2D eigenvalue weighted by Crippen LogP contribution is -2.63. The molecule has 1 fully saturated rings. The van der Waals surface area contributed by atoms with Crippen LogP contribution in [0.15, 0.2) is 35.4 Å². The van der Waals surface area contributed by atoms with Crippen LogP contribution < -0.4 is 0 Å². The van der Waals surface area contributed by atoms with Crippen molar-refractivity contribution in [2.75, 3.05) is 0 Å². The van der Waals surface area contributed by atoms with Crippen LogP contribution in [0.3, 0.4) is 0 Å². The Balaban J connectivity index is 2.28. The van der Waals surface area contributed by atoms with Gasteiger partial charge in [0.1, 0.15) is 5.41 Å². The third-order valence-corrected chi connectivity index (χ3v) is 4.07. The van der Waals surface area contributed by atoms with E-state index in [0.29, 0.717) is 19.3 Å². The molecule has 1 saturated heterocycles. The fourth-order valence-corrected chi connectivity index (χ4v) is 2.57. The van der Waals surface area contributed by atoms with Crippen molar-refractivity contribution in [3.63, 3.8) is 0 Å². The first-order valence-corrected chi connectivity index (χ1v) is 7.12. The SMILES string of the molecule is CC/C(=N/N1C(=O)C(CC)(CC)C1=O)c1ccccc1. The maximum Gasteiger partial charge on any atom is 0.265 e. The highest BCUT2D eigenvalue weighted by atomic mass is 16.2. The van der Waals surface area contributed by atoms with Crippen LogP contribution in [-0.2, 0) is 9.59 Å². The van der Waals surface area contributed by atoms with Gasteiger partial charge in [0, 0.05) is 0 Å². The normalized spacial score (nSPS) is 18.1. The first-order chi connectivity index (χ1) is 9.60. The highest BCUT2D eigenvalue weighted by Crippen LogP contribution is 2.40. The molecule has 4 nitrogen and oxygen atoms in total. The van der Waals surface area contributed by atoms with Gasteiger partial charge in [0.15, 0.2) is 0 Å². The van der Waals surface area contributed by atoms with Gasteiger partial charge in [0.05, 0.1) is 5.71 Å². The van der Waals surface area contributed by atoms with Gasteiger partial charge < -0.3 is 0 Å². The molecule has 1 aliphatic heterocycles. The molecule has 0 atom stereocenters. The predicted octanol–water partition coefficient (Wildman–Crippen LogP) is 2.98. The molecule has 0 saturated carbocycles. The number of rotatable bonds is 5. The average molecular weight is 272 g/mol. The largest absolute Gasteiger partial charge is 0.271 e. The van der Waals surface area contributed by atoms with E-state index in [-0.39, 0.29) is 11.8 Å². The Hall–Kier alpha value is -1.97. The van der Waals surface area contributed by atoms with Crippen LogP contribution >= 0.6 is 0 Å². The lowest BCUT2D eigenvalue weighted by atomic mass is 9.74. The number of hydrazone groups is 1. The van der Waals surface area contributed by atoms with Gasteiger partial charge in [-0.05, 0) is 24.8 Å². The number of amides is 2. The highest BCUT2D eigenvalue weighted by Gasteiger charge is 2.59. The van der Waals surface area contributed by atoms with Crippen molar-refractivity contribution in [3.8, 4) is 0 Å². The molecule has 4 heteroatoms. The maximum absolute atomic E-state index is 12.2. The minimum absolute atomic E-state index is 0.172. The molecule has 106 valence electrons. The Kier molecular flexibility index (Phi) is 4.02. The standard InChI is InChI=1S/C16H20N2O2/c1-4-13(12-10-8-7-9-11-12)17-18-14(19)16(5-2,6-3)15(18)20/h7-11H,4-6H2,1-3H3/b17-13-. The molecule has 1 aliphatic rings. The third-order valence-electron chi connectivity index (χ3n) is 4.07. The Morgan fingerprint density at radius 1 is 1.05 bits per heavy atom. The van der Waals surface area contributed by atoms with E-state index in [1.807, 2.05) is 51.1 Å². The van der Waals surface area contributed by atoms with E-state index in [2.05, 4.69) is 5.10 Å². The average Bonchev–Trinajstić information content (AvgIpc) is 2.50. The molecule has 1 heterocycles. The monoisotopic (exact) mass is 272 g/mol. The van der Waals surface area contributed by atoms with E-state index in [0.717, 1.165) is 16.3 Å². The molecule has 0 spiro atoms. The molecule has 20 heavy (non-hydrogen) atoms. The highest BCUT2D eigenvalue weighted by molar-refractivity contribution is 6.22. The van der Waals surface area contributed by atoms with Gasteiger partial charge >= 0.3 is 0 Å². The summed E-state index contributed by atoms with van der Waals surface area (Å²) in [5.74, 6) is -0.344. The number of hydrogen-bond donors (Lipinski definition) is 0. The van der Waals surface area contributed by atoms with Crippen LogP contribution in [0.1, 0.15) is 45.6 Å². The number of imide groups is 1. The summed E-state index contributed by atoms with van der Waals surface area (Å²) in [6.07, 6.45) is 1.76. The fraction of sp³-hybridized carbons (Fsp3) is 0.438. The Labute approximate surface area is 119 Å². The second-order valence-electron chi connectivity index (χ2n) is 4.98. The zero-order valence-electron chi connectivity index (χ0n) is 12.2. The van der Waals surface area contributed by atoms with Crippen LogP contribution in [0.5, 0.6) is 0 Å². The van der Waals surface area contributed by atoms with Gasteiger partial charge in [0.2, 0.25) is 0 Å². The zero-order valence-corrected chi connectivity index (χ0v) is 12.2. The van der Waals surface area contributed by atoms with E-state index in [9.17, 15) is 9.59 Å². The van der Waals surface area contributed by atoms with Crippen LogP contribution in [0.4, 0.5) is 0 Å². The Morgan fingerprint density at radius 3 is 2.05 bits per heavy atom. The van der Waals surface area contributed by atoms with Crippen molar-refractivity contribution in [2.45, 2.75) is 40.0 Å². The van der Waals surface area contributed by atoms with Crippen molar-refractivity contribution in [1.82, 2.24) is 5.01 Å². The first-order valence-electron chi connectivity index (χ1n) is 7.12. The topological polar surface area (TPSA) is 49.7 Å². The van der Waals surface area contributed by atoms with E-state index in [4.69, 9.17) is 0 Å². The smallest absolute Gasteiger partial charge is 0.265 e. The van der Waals surface area contributed by atoms with E-state index < -0.39 is 5.41 Å². The summed E-state index contributed by atoms with van der Waals surface area (Å²) in [5, 5.41) is 5.32. The molecule has 1 aromatic rings. The van der Waals surface area contributed by atoms with Gasteiger partial charge in [-0.2, -0.15) is 10.1 Å². The summed E-state index contributed by atoms with van der Waals surface area (Å²) in [6, 6.07) is 9.63. The lowest BCUT2D eigenvalue weighted by molar-refractivity contribution is -0.177. The second-order valence-corrected chi connectivity index (χ2v) is 4.98. The van der Waals surface area contributed by atoms with Crippen LogP contribution in [0.2, 0.25) is 0 Å². The van der Waals surface area contributed by atoms with Crippen LogP contribution in [0, 0.1) is 5.41 Å². The first kappa shape index (κ1) is 14.4. The van der Waals surface area contributed by atoms with E-state index in [1.165, 1.54) is 0 Å². The molecule has 2 rings (SSSR count). The summed E-state index contributed by atoms with van der Waals surface area (Å²) < 4.78 is 0. The summed E-state index contributed by atoms with van der Waals surface area (Å²) >= 11 is 0. The van der Waals surface area contributed by atoms with E-state index in [1.54, 1.807) is 0 Å². The molecular weight excluding hydrogens is 252 g/mol. The summed E-state index contributed by atoms with van der Waals surface area (Å²) in [4.78, 5) is 24.5. The van der Waals surface area contributed by atoms with Crippen LogP contribution in [-0.4, -0.2) is 22.5 Å². The second kappa shape index (κ2) is 5.57. The minimum Gasteiger partial charge on any atom is -0.271 e. The number of hydrogen-bond acceptors (Lipinski definition) is 3. The fourth-order valence-electron chi connectivity index (χ4n) is 2.57. The zero-order chi connectivity index (χ0) is 14.8. The molecule has 0 aromatic heterocycles. The predicted molar refractivity (Wildman–Crippen MR) is 78.1 cm³/mol. The van der Waals surface area contributed by atoms with Crippen molar-refractivity contribution in [1.29, 1.82) is 0 Å². The van der Waals surface area contributed by atoms with Crippen molar-refractivity contribution >= 4 is 17.5 Å². The molecule has 0 radical (unpaired) electrons. The van der Waals surface area contributed by atoms with Gasteiger partial charge in [0.25, 0.3) is 11.8 Å². The quantitative estimate of drug-likeness (QED) is 0.470. The Morgan fingerprint density at radius 2 is 1.60 bits per heavy atom. The molecular formula is C16H20N2O2. The van der Waals surface area contributed by atoms with Crippen molar-refractivity contribution < 1.29 is 9.59 Å². The molecule has 0 unspecified atom stereocenters. The van der Waals surface area contributed by atoms with Gasteiger partial charge in [-0.25, -0.2) is 0 Å². The maximum atomic E-state index is 12.2. The molecule has 2 amide bonds. The lowest BCUT2D eigenvalue weighted by Gasteiger charge is -2.42. The number of carbonyl (C=O) groups is 2. The van der Waals surface area contributed by atoms with Gasteiger partial charge in [-0.3, -0.25) is 9.59 Å². The number of benzene rings is 1. The number of nitrogens with zero attached hydrogens (tertiary/aromatic N) is 2. The van der Waals surface area contributed by atoms with Crippen molar-refractivity contribution in [3.05, 3.63) is 35.9 Å². The molecule has 1 aromatic carbocycles. The third kappa shape index (κ3) is 2.05. The summed E-state index contributed by atoms with van der Waals surface area (Å²) in [5.41, 5.74) is 0.869. The Bertz CT molecular complexity index is 527. The molecule has 0 bridgehead atoms. The molecule has 0 N–H and O–H groups in total. The number of carbonyl (C=O) groups excluding carboxylic acids is 2. The van der Waals surface area contributed by atoms with Gasteiger partial charge in [-0.1, -0.05) is 51.1 Å². The summed E-state index contributed by atoms with van der Waals surface area (Å²) in [7, 11) is 0.